The first-order valence-corrected chi connectivity index (χ1v) is 7.15. The van der Waals surface area contributed by atoms with Gasteiger partial charge in [-0.2, -0.15) is 0 Å². The van der Waals surface area contributed by atoms with Gasteiger partial charge in [-0.05, 0) is 57.8 Å². The van der Waals surface area contributed by atoms with Crippen LogP contribution in [0, 0.1) is 17.8 Å². The third kappa shape index (κ3) is 3.74. The van der Waals surface area contributed by atoms with E-state index in [9.17, 15) is 14.7 Å². The number of ether oxygens (including phenoxy) is 1. The second kappa shape index (κ2) is 5.46. The third-order valence-electron chi connectivity index (χ3n) is 3.92. The Labute approximate surface area is 119 Å². The molecule has 0 bridgehead atoms. The SMILES string of the molecule is CC(C)(C)OC(=O)N[C@@H](CC1C[C@H]2C=C[C@H]2C1)C(=O)O. The molecule has 1 saturated carbocycles. The molecule has 2 aliphatic carbocycles. The Morgan fingerprint density at radius 3 is 2.25 bits per heavy atom. The molecule has 2 N–H and O–H groups in total. The van der Waals surface area contributed by atoms with E-state index >= 15 is 0 Å². The minimum absolute atomic E-state index is 0.357. The van der Waals surface area contributed by atoms with Gasteiger partial charge >= 0.3 is 12.1 Å². The van der Waals surface area contributed by atoms with Gasteiger partial charge in [-0.25, -0.2) is 9.59 Å². The third-order valence-corrected chi connectivity index (χ3v) is 3.92. The van der Waals surface area contributed by atoms with Crippen molar-refractivity contribution in [2.75, 3.05) is 0 Å². The van der Waals surface area contributed by atoms with Crippen LogP contribution in [0.25, 0.3) is 0 Å². The molecule has 1 amide bonds. The summed E-state index contributed by atoms with van der Waals surface area (Å²) in [6, 6.07) is -0.868. The highest BCUT2D eigenvalue weighted by Gasteiger charge is 2.38. The number of carbonyl (C=O) groups excluding carboxylic acids is 1. The van der Waals surface area contributed by atoms with Crippen LogP contribution >= 0.6 is 0 Å². The van der Waals surface area contributed by atoms with Crippen LogP contribution in [0.1, 0.15) is 40.0 Å². The molecule has 5 nitrogen and oxygen atoms in total. The summed E-state index contributed by atoms with van der Waals surface area (Å²) in [6.07, 6.45) is 6.26. The smallest absolute Gasteiger partial charge is 0.408 e. The lowest BCUT2D eigenvalue weighted by Crippen LogP contribution is -2.44. The monoisotopic (exact) mass is 281 g/mol. The quantitative estimate of drug-likeness (QED) is 0.777. The second-order valence-corrected chi connectivity index (χ2v) is 6.82. The minimum atomic E-state index is -0.997. The lowest BCUT2D eigenvalue weighted by Gasteiger charge is -2.23. The predicted octanol–water partition coefficient (Wildman–Crippen LogP) is 2.57. The summed E-state index contributed by atoms with van der Waals surface area (Å²) in [5.74, 6) is 0.603. The molecule has 5 heteroatoms. The van der Waals surface area contributed by atoms with E-state index in [0.717, 1.165) is 12.8 Å². The van der Waals surface area contributed by atoms with Gasteiger partial charge in [0.05, 0.1) is 0 Å². The number of hydrogen-bond donors (Lipinski definition) is 2. The van der Waals surface area contributed by atoms with Gasteiger partial charge in [-0.1, -0.05) is 12.2 Å². The van der Waals surface area contributed by atoms with E-state index in [4.69, 9.17) is 4.74 Å². The molecule has 0 spiro atoms. The summed E-state index contributed by atoms with van der Waals surface area (Å²) in [5, 5.41) is 11.7. The van der Waals surface area contributed by atoms with E-state index in [1.807, 2.05) is 0 Å². The molecule has 0 aromatic carbocycles. The maximum Gasteiger partial charge on any atom is 0.408 e. The Hall–Kier alpha value is -1.52. The standard InChI is InChI=1S/C15H23NO4/c1-15(2,3)20-14(19)16-12(13(17)18)8-9-6-10-4-5-11(10)7-9/h4-5,9-12H,6-8H2,1-3H3,(H,16,19)(H,17,18)/t9?,10-,11+,12-/m0/s1. The van der Waals surface area contributed by atoms with Crippen LogP contribution in [-0.4, -0.2) is 28.8 Å². The van der Waals surface area contributed by atoms with Crippen LogP contribution in [0.4, 0.5) is 4.79 Å². The fourth-order valence-electron chi connectivity index (χ4n) is 3.00. The Morgan fingerprint density at radius 2 is 1.85 bits per heavy atom. The molecule has 0 aliphatic heterocycles. The zero-order valence-electron chi connectivity index (χ0n) is 12.3. The fraction of sp³-hybridized carbons (Fsp3) is 0.733. The van der Waals surface area contributed by atoms with E-state index in [0.29, 0.717) is 24.2 Å². The molecule has 0 aromatic rings. The molecule has 0 aromatic heterocycles. The van der Waals surface area contributed by atoms with Crippen LogP contribution in [0.5, 0.6) is 0 Å². The second-order valence-electron chi connectivity index (χ2n) is 6.82. The van der Waals surface area contributed by atoms with Crippen molar-refractivity contribution in [2.45, 2.75) is 51.7 Å². The van der Waals surface area contributed by atoms with Crippen molar-refractivity contribution in [3.63, 3.8) is 0 Å². The molecule has 4 atom stereocenters. The van der Waals surface area contributed by atoms with Crippen LogP contribution in [-0.2, 0) is 9.53 Å². The number of aliphatic carboxylic acids is 1. The number of carbonyl (C=O) groups is 2. The first kappa shape index (κ1) is 14.9. The van der Waals surface area contributed by atoms with Crippen molar-refractivity contribution in [3.8, 4) is 0 Å². The van der Waals surface area contributed by atoms with Gasteiger partial charge in [-0.15, -0.1) is 0 Å². The zero-order chi connectivity index (χ0) is 14.9. The van der Waals surface area contributed by atoms with Crippen molar-refractivity contribution < 1.29 is 19.4 Å². The van der Waals surface area contributed by atoms with E-state index in [-0.39, 0.29) is 0 Å². The van der Waals surface area contributed by atoms with E-state index in [1.165, 1.54) is 0 Å². The molecule has 20 heavy (non-hydrogen) atoms. The maximum absolute atomic E-state index is 11.7. The van der Waals surface area contributed by atoms with Gasteiger partial charge < -0.3 is 15.2 Å². The van der Waals surface area contributed by atoms with Crippen molar-refractivity contribution >= 4 is 12.1 Å². The van der Waals surface area contributed by atoms with Gasteiger partial charge in [0.25, 0.3) is 0 Å². The summed E-state index contributed by atoms with van der Waals surface area (Å²) in [5.41, 5.74) is -0.622. The summed E-state index contributed by atoms with van der Waals surface area (Å²) in [4.78, 5) is 23.0. The Morgan fingerprint density at radius 1 is 1.30 bits per heavy atom. The van der Waals surface area contributed by atoms with E-state index in [1.54, 1.807) is 20.8 Å². The highest BCUT2D eigenvalue weighted by Crippen LogP contribution is 2.45. The zero-order valence-corrected chi connectivity index (χ0v) is 12.3. The summed E-state index contributed by atoms with van der Waals surface area (Å²) in [7, 11) is 0. The lowest BCUT2D eigenvalue weighted by atomic mass is 9.86. The van der Waals surface area contributed by atoms with Gasteiger partial charge in [0.2, 0.25) is 0 Å². The number of allylic oxidation sites excluding steroid dienone is 2. The normalized spacial score (nSPS) is 29.2. The molecular weight excluding hydrogens is 258 g/mol. The molecule has 112 valence electrons. The molecule has 2 aliphatic rings. The van der Waals surface area contributed by atoms with Crippen LogP contribution in [0.2, 0.25) is 0 Å². The molecule has 2 rings (SSSR count). The number of alkyl carbamates (subject to hydrolysis) is 1. The molecule has 1 fully saturated rings. The molecule has 0 heterocycles. The maximum atomic E-state index is 11.7. The average Bonchev–Trinajstić information content (AvgIpc) is 2.52. The largest absolute Gasteiger partial charge is 0.480 e. The molecule has 1 unspecified atom stereocenters. The number of carboxylic acid groups (broad SMARTS) is 1. The van der Waals surface area contributed by atoms with Crippen molar-refractivity contribution in [3.05, 3.63) is 12.2 Å². The minimum Gasteiger partial charge on any atom is -0.480 e. The number of hydrogen-bond acceptors (Lipinski definition) is 3. The van der Waals surface area contributed by atoms with Crippen molar-refractivity contribution in [1.82, 2.24) is 5.32 Å². The summed E-state index contributed by atoms with van der Waals surface area (Å²) < 4.78 is 5.11. The van der Waals surface area contributed by atoms with E-state index < -0.39 is 23.7 Å². The highest BCUT2D eigenvalue weighted by atomic mass is 16.6. The summed E-state index contributed by atoms with van der Waals surface area (Å²) >= 11 is 0. The Kier molecular flexibility index (Phi) is 4.06. The molecule has 0 saturated heterocycles. The van der Waals surface area contributed by atoms with Crippen molar-refractivity contribution in [1.29, 1.82) is 0 Å². The Balaban J connectivity index is 1.84. The molecule has 0 radical (unpaired) electrons. The number of rotatable bonds is 4. The number of amides is 1. The number of fused-ring (bicyclic) bond motifs is 1. The first-order chi connectivity index (χ1) is 9.24. The van der Waals surface area contributed by atoms with Gasteiger partial charge in [-0.3, -0.25) is 0 Å². The van der Waals surface area contributed by atoms with Gasteiger partial charge in [0.1, 0.15) is 11.6 Å². The number of nitrogens with one attached hydrogen (secondary N) is 1. The summed E-state index contributed by atoms with van der Waals surface area (Å²) in [6.45, 7) is 5.26. The van der Waals surface area contributed by atoms with Gasteiger partial charge in [0.15, 0.2) is 0 Å². The number of carboxylic acids is 1. The topological polar surface area (TPSA) is 75.6 Å². The Bertz CT molecular complexity index is 410. The van der Waals surface area contributed by atoms with E-state index in [2.05, 4.69) is 17.5 Å². The highest BCUT2D eigenvalue weighted by molar-refractivity contribution is 5.80. The van der Waals surface area contributed by atoms with Crippen LogP contribution < -0.4 is 5.32 Å². The lowest BCUT2D eigenvalue weighted by molar-refractivity contribution is -0.140. The predicted molar refractivity (Wildman–Crippen MR) is 74.3 cm³/mol. The molecular formula is C15H23NO4. The fourth-order valence-corrected chi connectivity index (χ4v) is 3.00. The van der Waals surface area contributed by atoms with Gasteiger partial charge in [0, 0.05) is 0 Å². The first-order valence-electron chi connectivity index (χ1n) is 7.15. The average molecular weight is 281 g/mol. The van der Waals surface area contributed by atoms with Crippen molar-refractivity contribution in [2.24, 2.45) is 17.8 Å². The van der Waals surface area contributed by atoms with Crippen LogP contribution in [0.3, 0.4) is 0 Å². The van der Waals surface area contributed by atoms with Crippen LogP contribution in [0.15, 0.2) is 12.2 Å².